The molecule has 0 unspecified atom stereocenters. The Morgan fingerprint density at radius 3 is 2.53 bits per heavy atom. The SMILES string of the molecule is Cc1cc(C)n2c(N)c(C#N)c(C)c2c1. The molecule has 0 bridgehead atoms. The van der Waals surface area contributed by atoms with E-state index in [1.165, 1.54) is 5.56 Å². The minimum Gasteiger partial charge on any atom is -0.384 e. The van der Waals surface area contributed by atoms with Crippen LogP contribution in [0.25, 0.3) is 5.52 Å². The third kappa shape index (κ3) is 1.18. The van der Waals surface area contributed by atoms with E-state index in [0.717, 1.165) is 16.8 Å². The minimum absolute atomic E-state index is 0.544. The highest BCUT2D eigenvalue weighted by Crippen LogP contribution is 2.26. The van der Waals surface area contributed by atoms with Crippen LogP contribution in [0.3, 0.4) is 0 Å². The Kier molecular flexibility index (Phi) is 1.94. The van der Waals surface area contributed by atoms with Crippen LogP contribution in [0.5, 0.6) is 0 Å². The number of hydrogen-bond acceptors (Lipinski definition) is 2. The maximum atomic E-state index is 9.02. The first-order chi connectivity index (χ1) is 7.06. The van der Waals surface area contributed by atoms with Gasteiger partial charge in [-0.15, -0.1) is 0 Å². The summed E-state index contributed by atoms with van der Waals surface area (Å²) < 4.78 is 1.93. The van der Waals surface area contributed by atoms with Gasteiger partial charge in [0.15, 0.2) is 0 Å². The van der Waals surface area contributed by atoms with Crippen LogP contribution in [-0.2, 0) is 0 Å². The fourth-order valence-electron chi connectivity index (χ4n) is 2.07. The molecule has 2 aromatic rings. The fourth-order valence-corrected chi connectivity index (χ4v) is 2.07. The Morgan fingerprint density at radius 2 is 1.93 bits per heavy atom. The van der Waals surface area contributed by atoms with Crippen molar-refractivity contribution in [1.29, 1.82) is 5.26 Å². The highest BCUT2D eigenvalue weighted by molar-refractivity contribution is 5.72. The van der Waals surface area contributed by atoms with Crippen LogP contribution in [0.15, 0.2) is 12.1 Å². The van der Waals surface area contributed by atoms with Gasteiger partial charge in [0, 0.05) is 5.69 Å². The van der Waals surface area contributed by atoms with Crippen LogP contribution < -0.4 is 5.73 Å². The molecule has 0 aliphatic carbocycles. The first-order valence-electron chi connectivity index (χ1n) is 4.84. The van der Waals surface area contributed by atoms with Gasteiger partial charge in [-0.1, -0.05) is 0 Å². The van der Waals surface area contributed by atoms with Crippen LogP contribution in [0.1, 0.15) is 22.4 Å². The number of hydrogen-bond donors (Lipinski definition) is 1. The normalized spacial score (nSPS) is 10.5. The van der Waals surface area contributed by atoms with Crippen LogP contribution in [0.2, 0.25) is 0 Å². The Labute approximate surface area is 88.7 Å². The molecule has 0 spiro atoms. The minimum atomic E-state index is 0.544. The van der Waals surface area contributed by atoms with Gasteiger partial charge in [0.2, 0.25) is 0 Å². The lowest BCUT2D eigenvalue weighted by Crippen LogP contribution is -1.98. The van der Waals surface area contributed by atoms with Crippen molar-refractivity contribution in [3.8, 4) is 6.07 Å². The number of nitriles is 1. The van der Waals surface area contributed by atoms with Crippen molar-refractivity contribution in [2.45, 2.75) is 20.8 Å². The van der Waals surface area contributed by atoms with Gasteiger partial charge in [0.1, 0.15) is 11.9 Å². The molecule has 0 fully saturated rings. The summed E-state index contributed by atoms with van der Waals surface area (Å²) in [5.41, 5.74) is 10.8. The zero-order valence-corrected chi connectivity index (χ0v) is 9.13. The van der Waals surface area contributed by atoms with E-state index in [2.05, 4.69) is 18.2 Å². The second-order valence-electron chi connectivity index (χ2n) is 3.89. The molecule has 0 saturated carbocycles. The van der Waals surface area contributed by atoms with Gasteiger partial charge in [-0.2, -0.15) is 5.26 Å². The van der Waals surface area contributed by atoms with Crippen molar-refractivity contribution >= 4 is 11.3 Å². The van der Waals surface area contributed by atoms with Crippen molar-refractivity contribution in [2.75, 3.05) is 5.73 Å². The van der Waals surface area contributed by atoms with Gasteiger partial charge in [-0.05, 0) is 44.0 Å². The van der Waals surface area contributed by atoms with Crippen LogP contribution in [-0.4, -0.2) is 4.40 Å². The molecule has 2 heterocycles. The standard InChI is InChI=1S/C12H13N3/c1-7-4-8(2)15-11(5-7)9(3)10(6-13)12(15)14/h4-5H,14H2,1-3H3. The van der Waals surface area contributed by atoms with Gasteiger partial charge < -0.3 is 5.73 Å². The lowest BCUT2D eigenvalue weighted by atomic mass is 10.1. The maximum absolute atomic E-state index is 9.02. The Morgan fingerprint density at radius 1 is 1.27 bits per heavy atom. The number of fused-ring (bicyclic) bond motifs is 1. The van der Waals surface area contributed by atoms with Crippen LogP contribution >= 0.6 is 0 Å². The summed E-state index contributed by atoms with van der Waals surface area (Å²) in [6, 6.07) is 6.27. The van der Waals surface area contributed by atoms with E-state index < -0.39 is 0 Å². The molecule has 0 amide bonds. The molecule has 2 aromatic heterocycles. The van der Waals surface area contributed by atoms with Crippen LogP contribution in [0.4, 0.5) is 5.82 Å². The van der Waals surface area contributed by atoms with Crippen molar-refractivity contribution < 1.29 is 0 Å². The lowest BCUT2D eigenvalue weighted by Gasteiger charge is -2.04. The van der Waals surface area contributed by atoms with Gasteiger partial charge >= 0.3 is 0 Å². The fraction of sp³-hybridized carbons (Fsp3) is 0.250. The Hall–Kier alpha value is -1.95. The Bertz CT molecular complexity index is 585. The molecule has 0 aromatic carbocycles. The van der Waals surface area contributed by atoms with Crippen molar-refractivity contribution in [2.24, 2.45) is 0 Å². The largest absolute Gasteiger partial charge is 0.384 e. The zero-order chi connectivity index (χ0) is 11.2. The molecular weight excluding hydrogens is 186 g/mol. The highest BCUT2D eigenvalue weighted by Gasteiger charge is 2.13. The maximum Gasteiger partial charge on any atom is 0.126 e. The van der Waals surface area contributed by atoms with Gasteiger partial charge in [-0.25, -0.2) is 0 Å². The molecule has 0 radical (unpaired) electrons. The molecule has 3 nitrogen and oxygen atoms in total. The highest BCUT2D eigenvalue weighted by atomic mass is 15.0. The number of nitrogens with zero attached hydrogens (tertiary/aromatic N) is 2. The predicted octanol–water partition coefficient (Wildman–Crippen LogP) is 2.32. The number of aromatic nitrogens is 1. The third-order valence-corrected chi connectivity index (χ3v) is 2.76. The molecule has 0 saturated heterocycles. The third-order valence-electron chi connectivity index (χ3n) is 2.76. The second kappa shape index (κ2) is 3.03. The number of pyridine rings is 1. The van der Waals surface area contributed by atoms with E-state index in [1.54, 1.807) is 0 Å². The van der Waals surface area contributed by atoms with Gasteiger partial charge in [0.25, 0.3) is 0 Å². The first kappa shape index (κ1) is 9.60. The summed E-state index contributed by atoms with van der Waals surface area (Å²) in [4.78, 5) is 0. The van der Waals surface area contributed by atoms with E-state index in [4.69, 9.17) is 11.0 Å². The average Bonchev–Trinajstić information content (AvgIpc) is 2.39. The molecule has 76 valence electrons. The van der Waals surface area contributed by atoms with Crippen molar-refractivity contribution in [3.63, 3.8) is 0 Å². The molecule has 3 heteroatoms. The average molecular weight is 199 g/mol. The summed E-state index contributed by atoms with van der Waals surface area (Å²) in [5.74, 6) is 0.544. The summed E-state index contributed by atoms with van der Waals surface area (Å²) >= 11 is 0. The van der Waals surface area contributed by atoms with Gasteiger partial charge in [-0.3, -0.25) is 4.40 Å². The van der Waals surface area contributed by atoms with Crippen molar-refractivity contribution in [1.82, 2.24) is 4.40 Å². The van der Waals surface area contributed by atoms with Crippen molar-refractivity contribution in [3.05, 3.63) is 34.5 Å². The zero-order valence-electron chi connectivity index (χ0n) is 9.13. The lowest BCUT2D eigenvalue weighted by molar-refractivity contribution is 1.10. The number of nitrogens with two attached hydrogens (primary N) is 1. The molecule has 2 N–H and O–H groups in total. The van der Waals surface area contributed by atoms with Crippen LogP contribution in [0, 0.1) is 32.1 Å². The number of aryl methyl sites for hydroxylation is 3. The summed E-state index contributed by atoms with van der Waals surface area (Å²) in [7, 11) is 0. The molecule has 2 rings (SSSR count). The van der Waals surface area contributed by atoms with Gasteiger partial charge in [0.05, 0.1) is 11.1 Å². The quantitative estimate of drug-likeness (QED) is 0.707. The van der Waals surface area contributed by atoms with E-state index >= 15 is 0 Å². The number of nitrogen functional groups attached to an aromatic ring is 1. The Balaban J connectivity index is 3.03. The first-order valence-corrected chi connectivity index (χ1v) is 4.84. The molecular formula is C12H13N3. The second-order valence-corrected chi connectivity index (χ2v) is 3.89. The van der Waals surface area contributed by atoms with E-state index in [9.17, 15) is 0 Å². The van der Waals surface area contributed by atoms with E-state index in [1.807, 2.05) is 25.2 Å². The summed E-state index contributed by atoms with van der Waals surface area (Å²) in [6.07, 6.45) is 0. The molecule has 0 atom stereocenters. The topological polar surface area (TPSA) is 54.2 Å². The summed E-state index contributed by atoms with van der Waals surface area (Å²) in [5, 5.41) is 9.02. The predicted molar refractivity (Wildman–Crippen MR) is 60.7 cm³/mol. The molecule has 15 heavy (non-hydrogen) atoms. The summed E-state index contributed by atoms with van der Waals surface area (Å²) in [6.45, 7) is 5.97. The number of rotatable bonds is 0. The van der Waals surface area contributed by atoms with E-state index in [-0.39, 0.29) is 0 Å². The molecule has 0 aliphatic heterocycles. The number of anilines is 1. The molecule has 0 aliphatic rings. The monoisotopic (exact) mass is 199 g/mol. The smallest absolute Gasteiger partial charge is 0.126 e. The van der Waals surface area contributed by atoms with E-state index in [0.29, 0.717) is 11.4 Å².